The molecule has 0 aromatic heterocycles. The summed E-state index contributed by atoms with van der Waals surface area (Å²) in [5.74, 6) is -0.368. The third-order valence-electron chi connectivity index (χ3n) is 2.38. The molecule has 1 rings (SSSR count). The van der Waals surface area contributed by atoms with Crippen molar-refractivity contribution in [1.82, 2.24) is 5.32 Å². The van der Waals surface area contributed by atoms with E-state index >= 15 is 0 Å². The van der Waals surface area contributed by atoms with E-state index in [1.165, 1.54) is 6.07 Å². The first-order valence-corrected chi connectivity index (χ1v) is 6.62. The largest absolute Gasteiger partial charge is 0.505 e. The Morgan fingerprint density at radius 2 is 1.94 bits per heavy atom. The summed E-state index contributed by atoms with van der Waals surface area (Å²) in [5, 5.41) is 12.5. The zero-order valence-corrected chi connectivity index (χ0v) is 12.3. The Labute approximate surface area is 121 Å². The highest BCUT2D eigenvalue weighted by Crippen LogP contribution is 2.38. The highest BCUT2D eigenvalue weighted by Gasteiger charge is 2.20. The van der Waals surface area contributed by atoms with Crippen molar-refractivity contribution in [3.8, 4) is 5.75 Å². The molecule has 0 atom stereocenters. The van der Waals surface area contributed by atoms with Crippen molar-refractivity contribution in [3.05, 3.63) is 26.7 Å². The number of benzene rings is 1. The summed E-state index contributed by atoms with van der Waals surface area (Å²) in [7, 11) is 0. The summed E-state index contributed by atoms with van der Waals surface area (Å²) in [6.07, 6.45) is 0.832. The van der Waals surface area contributed by atoms with Crippen LogP contribution in [0.25, 0.3) is 0 Å². The lowest BCUT2D eigenvalue weighted by Crippen LogP contribution is -2.25. The Morgan fingerprint density at radius 1 is 1.33 bits per heavy atom. The molecule has 2 N–H and O–H groups in total. The summed E-state index contributed by atoms with van der Waals surface area (Å²) >= 11 is 17.5. The predicted octanol–water partition coefficient (Wildman–Crippen LogP) is 4.13. The number of phenols is 1. The Balaban J connectivity index is 2.92. The second kappa shape index (κ2) is 6.50. The van der Waals surface area contributed by atoms with Crippen molar-refractivity contribution in [2.75, 3.05) is 6.54 Å². The van der Waals surface area contributed by atoms with Crippen molar-refractivity contribution in [2.24, 2.45) is 5.92 Å². The first-order chi connectivity index (χ1) is 8.34. The zero-order valence-electron chi connectivity index (χ0n) is 10.1. The number of carbonyl (C=O) groups excluding carboxylic acids is 1. The molecule has 0 aliphatic heterocycles. The van der Waals surface area contributed by atoms with Crippen molar-refractivity contribution >= 4 is 40.7 Å². The lowest BCUT2D eigenvalue weighted by atomic mass is 10.1. The van der Waals surface area contributed by atoms with Crippen LogP contribution >= 0.6 is 34.8 Å². The highest BCUT2D eigenvalue weighted by molar-refractivity contribution is 6.45. The zero-order chi connectivity index (χ0) is 13.9. The maximum atomic E-state index is 11.9. The smallest absolute Gasteiger partial charge is 0.256 e. The average molecular weight is 311 g/mol. The number of nitrogens with one attached hydrogen (secondary N) is 1. The molecule has 0 aliphatic carbocycles. The molecular weight excluding hydrogens is 296 g/mol. The first-order valence-electron chi connectivity index (χ1n) is 5.49. The third-order valence-corrected chi connectivity index (χ3v) is 3.46. The van der Waals surface area contributed by atoms with Gasteiger partial charge in [0.15, 0.2) is 0 Å². The van der Waals surface area contributed by atoms with Gasteiger partial charge in [-0.15, -0.1) is 0 Å². The monoisotopic (exact) mass is 309 g/mol. The predicted molar refractivity (Wildman–Crippen MR) is 74.9 cm³/mol. The number of carbonyl (C=O) groups is 1. The molecule has 0 spiro atoms. The van der Waals surface area contributed by atoms with Gasteiger partial charge in [0, 0.05) is 6.54 Å². The molecule has 1 amide bonds. The molecule has 0 fully saturated rings. The molecule has 0 bridgehead atoms. The summed E-state index contributed by atoms with van der Waals surface area (Å²) in [5.41, 5.74) is -0.0853. The Hall–Kier alpha value is -0.640. The topological polar surface area (TPSA) is 49.3 Å². The van der Waals surface area contributed by atoms with Gasteiger partial charge in [-0.2, -0.15) is 0 Å². The Morgan fingerprint density at radius 3 is 2.50 bits per heavy atom. The van der Waals surface area contributed by atoms with Crippen LogP contribution in [0.5, 0.6) is 5.75 Å². The van der Waals surface area contributed by atoms with Gasteiger partial charge >= 0.3 is 0 Å². The minimum atomic E-state index is -0.484. The van der Waals surface area contributed by atoms with E-state index in [2.05, 4.69) is 5.32 Å². The van der Waals surface area contributed by atoms with E-state index in [4.69, 9.17) is 34.8 Å². The first kappa shape index (κ1) is 15.4. The fourth-order valence-corrected chi connectivity index (χ4v) is 2.05. The van der Waals surface area contributed by atoms with Crippen LogP contribution in [-0.2, 0) is 0 Å². The minimum absolute atomic E-state index is 0.000568. The maximum Gasteiger partial charge on any atom is 0.256 e. The SMILES string of the molecule is CC(C)CCNC(=O)c1c(O)c(Cl)cc(Cl)c1Cl. The van der Waals surface area contributed by atoms with Gasteiger partial charge in [-0.3, -0.25) is 4.79 Å². The van der Waals surface area contributed by atoms with E-state index < -0.39 is 5.91 Å². The third kappa shape index (κ3) is 3.67. The molecule has 18 heavy (non-hydrogen) atoms. The van der Waals surface area contributed by atoms with Gasteiger partial charge in [-0.05, 0) is 18.4 Å². The quantitative estimate of drug-likeness (QED) is 0.822. The normalized spacial score (nSPS) is 10.8. The Bertz CT molecular complexity index is 435. The lowest BCUT2D eigenvalue weighted by molar-refractivity contribution is 0.0949. The van der Waals surface area contributed by atoms with Crippen LogP contribution in [0.4, 0.5) is 0 Å². The highest BCUT2D eigenvalue weighted by atomic mass is 35.5. The van der Waals surface area contributed by atoms with Gasteiger partial charge in [0.1, 0.15) is 11.3 Å². The van der Waals surface area contributed by atoms with E-state index in [-0.39, 0.29) is 26.4 Å². The molecule has 1 aromatic carbocycles. The summed E-state index contributed by atoms with van der Waals surface area (Å²) in [4.78, 5) is 11.9. The number of amides is 1. The second-order valence-electron chi connectivity index (χ2n) is 4.32. The number of phenolic OH excluding ortho intramolecular Hbond substituents is 1. The fraction of sp³-hybridized carbons (Fsp3) is 0.417. The van der Waals surface area contributed by atoms with Crippen LogP contribution in [0.1, 0.15) is 30.6 Å². The van der Waals surface area contributed by atoms with Crippen LogP contribution in [-0.4, -0.2) is 17.6 Å². The molecule has 0 heterocycles. The minimum Gasteiger partial charge on any atom is -0.505 e. The molecule has 0 unspecified atom stereocenters. The number of aromatic hydroxyl groups is 1. The van der Waals surface area contributed by atoms with Gasteiger partial charge in [0.25, 0.3) is 5.91 Å². The van der Waals surface area contributed by atoms with Gasteiger partial charge in [-0.25, -0.2) is 0 Å². The van der Waals surface area contributed by atoms with Gasteiger partial charge in [0.2, 0.25) is 0 Å². The van der Waals surface area contributed by atoms with Gasteiger partial charge in [-0.1, -0.05) is 48.7 Å². The fourth-order valence-electron chi connectivity index (χ4n) is 1.36. The van der Waals surface area contributed by atoms with Gasteiger partial charge < -0.3 is 10.4 Å². The van der Waals surface area contributed by atoms with Crippen LogP contribution in [0.3, 0.4) is 0 Å². The molecule has 100 valence electrons. The van der Waals surface area contributed by atoms with Crippen LogP contribution in [0, 0.1) is 5.92 Å². The van der Waals surface area contributed by atoms with E-state index in [0.29, 0.717) is 12.5 Å². The molecule has 0 saturated heterocycles. The van der Waals surface area contributed by atoms with Crippen LogP contribution < -0.4 is 5.32 Å². The number of hydrogen-bond acceptors (Lipinski definition) is 2. The van der Waals surface area contributed by atoms with E-state index in [0.717, 1.165) is 6.42 Å². The summed E-state index contributed by atoms with van der Waals surface area (Å²) in [6, 6.07) is 1.30. The van der Waals surface area contributed by atoms with Crippen molar-refractivity contribution in [3.63, 3.8) is 0 Å². The van der Waals surface area contributed by atoms with Crippen molar-refractivity contribution in [1.29, 1.82) is 0 Å². The van der Waals surface area contributed by atoms with E-state index in [1.54, 1.807) is 0 Å². The maximum absolute atomic E-state index is 11.9. The molecule has 0 aliphatic rings. The summed E-state index contributed by atoms with van der Waals surface area (Å²) in [6.45, 7) is 4.59. The molecule has 1 aromatic rings. The molecular formula is C12H14Cl3NO2. The summed E-state index contributed by atoms with van der Waals surface area (Å²) < 4.78 is 0. The van der Waals surface area contributed by atoms with Gasteiger partial charge in [0.05, 0.1) is 15.1 Å². The second-order valence-corrected chi connectivity index (χ2v) is 5.51. The molecule has 0 saturated carbocycles. The lowest BCUT2D eigenvalue weighted by Gasteiger charge is -2.11. The molecule has 3 nitrogen and oxygen atoms in total. The molecule has 6 heteroatoms. The average Bonchev–Trinajstić information content (AvgIpc) is 2.26. The van der Waals surface area contributed by atoms with Crippen molar-refractivity contribution < 1.29 is 9.90 Å². The Kier molecular flexibility index (Phi) is 5.57. The van der Waals surface area contributed by atoms with E-state index in [1.807, 2.05) is 13.8 Å². The number of rotatable bonds is 4. The molecule has 0 radical (unpaired) electrons. The standard InChI is InChI=1S/C12H14Cl3NO2/c1-6(2)3-4-16-12(18)9-10(15)7(13)5-8(14)11(9)17/h5-6,17H,3-4H2,1-2H3,(H,16,18). The van der Waals surface area contributed by atoms with Crippen molar-refractivity contribution in [2.45, 2.75) is 20.3 Å². The van der Waals surface area contributed by atoms with E-state index in [9.17, 15) is 9.90 Å². The van der Waals surface area contributed by atoms with Crippen LogP contribution in [0.2, 0.25) is 15.1 Å². The number of halogens is 3. The van der Waals surface area contributed by atoms with Crippen LogP contribution in [0.15, 0.2) is 6.07 Å². The number of hydrogen-bond donors (Lipinski definition) is 2.